The first-order valence-corrected chi connectivity index (χ1v) is 11.4. The van der Waals surface area contributed by atoms with Crippen molar-refractivity contribution >= 4 is 23.5 Å². The predicted molar refractivity (Wildman–Crippen MR) is 134 cm³/mol. The van der Waals surface area contributed by atoms with E-state index < -0.39 is 5.97 Å². The maximum Gasteiger partial charge on any atom is 0.357 e. The SMILES string of the molecule is C/C=N\N1C(C(=O)OC)=C(C)c2cnc(-c3cccc(CCC)c3)cc2/C1=C\CC.CC. The lowest BCUT2D eigenvalue weighted by molar-refractivity contribution is -0.137. The Hall–Kier alpha value is -3.21. The summed E-state index contributed by atoms with van der Waals surface area (Å²) in [6.45, 7) is 12.0. The Bertz CT molecular complexity index is 1030. The molecule has 32 heavy (non-hydrogen) atoms. The molecule has 0 N–H and O–H groups in total. The number of benzene rings is 1. The summed E-state index contributed by atoms with van der Waals surface area (Å²) >= 11 is 0. The fourth-order valence-corrected chi connectivity index (χ4v) is 3.78. The molecule has 0 bridgehead atoms. The van der Waals surface area contributed by atoms with Gasteiger partial charge in [0, 0.05) is 29.1 Å². The number of hydrazone groups is 1. The van der Waals surface area contributed by atoms with Crippen molar-refractivity contribution < 1.29 is 9.53 Å². The Morgan fingerprint density at radius 3 is 2.56 bits per heavy atom. The van der Waals surface area contributed by atoms with Gasteiger partial charge in [-0.2, -0.15) is 5.10 Å². The topological polar surface area (TPSA) is 54.8 Å². The standard InChI is InChI=1S/C25H29N3O2.C2H6/c1-6-10-18-12-9-13-19(14-18)22-15-20-21(16-26-22)17(4)24(25(29)30-5)28(27-8-3)23(20)11-7-2;1-2/h8-9,11-16H,6-7,10H2,1-5H3;1-2H3/b23-11+,27-8-;. The molecule has 1 aliphatic heterocycles. The minimum absolute atomic E-state index is 0.415. The van der Waals surface area contributed by atoms with Crippen LogP contribution >= 0.6 is 0 Å². The average molecular weight is 434 g/mol. The van der Waals surface area contributed by atoms with Gasteiger partial charge in [0.05, 0.1) is 18.5 Å². The van der Waals surface area contributed by atoms with E-state index >= 15 is 0 Å². The largest absolute Gasteiger partial charge is 0.464 e. The Morgan fingerprint density at radius 2 is 1.94 bits per heavy atom. The van der Waals surface area contributed by atoms with Crippen molar-refractivity contribution in [1.29, 1.82) is 0 Å². The van der Waals surface area contributed by atoms with Gasteiger partial charge >= 0.3 is 5.97 Å². The van der Waals surface area contributed by atoms with Gasteiger partial charge in [-0.15, -0.1) is 0 Å². The number of carbonyl (C=O) groups excluding carboxylic acids is 1. The van der Waals surface area contributed by atoms with Crippen molar-refractivity contribution in [2.24, 2.45) is 5.10 Å². The van der Waals surface area contributed by atoms with Crippen LogP contribution in [0.1, 0.15) is 71.1 Å². The number of aryl methyl sites for hydroxylation is 1. The van der Waals surface area contributed by atoms with Gasteiger partial charge in [-0.1, -0.05) is 58.4 Å². The summed E-state index contributed by atoms with van der Waals surface area (Å²) in [5, 5.41) is 6.17. The molecule has 0 unspecified atom stereocenters. The summed E-state index contributed by atoms with van der Waals surface area (Å²) in [6.07, 6.45) is 8.57. The lowest BCUT2D eigenvalue weighted by Gasteiger charge is -2.31. The monoisotopic (exact) mass is 433 g/mol. The maximum absolute atomic E-state index is 12.6. The Balaban J connectivity index is 0.00000176. The molecule has 0 radical (unpaired) electrons. The van der Waals surface area contributed by atoms with E-state index in [1.54, 1.807) is 11.2 Å². The fraction of sp³-hybridized carbons (Fsp3) is 0.370. The third-order valence-electron chi connectivity index (χ3n) is 5.15. The van der Waals surface area contributed by atoms with E-state index in [0.717, 1.165) is 52.9 Å². The average Bonchev–Trinajstić information content (AvgIpc) is 2.83. The number of esters is 1. The number of methoxy groups -OCH3 is 1. The third-order valence-corrected chi connectivity index (χ3v) is 5.15. The van der Waals surface area contributed by atoms with Crippen LogP contribution in [0.3, 0.4) is 0 Å². The maximum atomic E-state index is 12.6. The second kappa shape index (κ2) is 12.0. The van der Waals surface area contributed by atoms with Gasteiger partial charge in [0.2, 0.25) is 0 Å². The van der Waals surface area contributed by atoms with Crippen molar-refractivity contribution in [1.82, 2.24) is 9.99 Å². The molecule has 0 atom stereocenters. The number of hydrogen-bond donors (Lipinski definition) is 0. The summed E-state index contributed by atoms with van der Waals surface area (Å²) in [5.41, 5.74) is 7.32. The number of aromatic nitrogens is 1. The van der Waals surface area contributed by atoms with E-state index in [4.69, 9.17) is 9.72 Å². The van der Waals surface area contributed by atoms with Crippen molar-refractivity contribution in [3.8, 4) is 11.3 Å². The first kappa shape index (κ1) is 25.1. The fourth-order valence-electron chi connectivity index (χ4n) is 3.78. The molecule has 0 amide bonds. The zero-order valence-corrected chi connectivity index (χ0v) is 20.4. The number of carbonyl (C=O) groups is 1. The molecule has 0 aliphatic carbocycles. The molecule has 1 aromatic heterocycles. The summed E-state index contributed by atoms with van der Waals surface area (Å²) < 4.78 is 5.05. The van der Waals surface area contributed by atoms with Crippen LogP contribution in [0.25, 0.3) is 22.5 Å². The summed E-state index contributed by atoms with van der Waals surface area (Å²) in [6, 6.07) is 10.6. The Labute approximate surface area is 192 Å². The summed E-state index contributed by atoms with van der Waals surface area (Å²) in [7, 11) is 1.39. The van der Waals surface area contributed by atoms with Crippen molar-refractivity contribution in [2.45, 2.75) is 60.8 Å². The number of allylic oxidation sites excluding steroid dienone is 2. The van der Waals surface area contributed by atoms with Crippen LogP contribution < -0.4 is 0 Å². The molecular weight excluding hydrogens is 398 g/mol. The van der Waals surface area contributed by atoms with Crippen molar-refractivity contribution in [3.63, 3.8) is 0 Å². The van der Waals surface area contributed by atoms with Crippen LogP contribution in [0, 0.1) is 0 Å². The van der Waals surface area contributed by atoms with Crippen molar-refractivity contribution in [3.05, 3.63) is 65.0 Å². The molecule has 3 rings (SSSR count). The zero-order chi connectivity index (χ0) is 23.7. The number of nitrogens with zero attached hydrogens (tertiary/aromatic N) is 3. The number of rotatable bonds is 6. The molecule has 0 spiro atoms. The molecule has 0 saturated heterocycles. The summed E-state index contributed by atoms with van der Waals surface area (Å²) in [5.74, 6) is -0.415. The normalized spacial score (nSPS) is 14.3. The highest BCUT2D eigenvalue weighted by Gasteiger charge is 2.32. The van der Waals surface area contributed by atoms with Gasteiger partial charge in [-0.25, -0.2) is 9.80 Å². The third kappa shape index (κ3) is 5.16. The molecular formula is C27H35N3O2. The van der Waals surface area contributed by atoms with Gasteiger partial charge in [-0.05, 0) is 50.0 Å². The summed E-state index contributed by atoms with van der Waals surface area (Å²) in [4.78, 5) is 17.3. The van der Waals surface area contributed by atoms with Gasteiger partial charge < -0.3 is 4.74 Å². The number of hydrogen-bond acceptors (Lipinski definition) is 5. The van der Waals surface area contributed by atoms with Crippen molar-refractivity contribution in [2.75, 3.05) is 7.11 Å². The minimum atomic E-state index is -0.415. The predicted octanol–water partition coefficient (Wildman–Crippen LogP) is 6.70. The van der Waals surface area contributed by atoms with E-state index in [0.29, 0.717) is 5.70 Å². The highest BCUT2D eigenvalue weighted by Crippen LogP contribution is 2.40. The van der Waals surface area contributed by atoms with E-state index in [2.05, 4.69) is 55.4 Å². The second-order valence-corrected chi connectivity index (χ2v) is 7.21. The second-order valence-electron chi connectivity index (χ2n) is 7.21. The van der Waals surface area contributed by atoms with E-state index in [-0.39, 0.29) is 0 Å². The van der Waals surface area contributed by atoms with Crippen LogP contribution in [0.15, 0.2) is 53.4 Å². The van der Waals surface area contributed by atoms with Crippen LogP contribution in [0.4, 0.5) is 0 Å². The highest BCUT2D eigenvalue weighted by molar-refractivity contribution is 6.02. The minimum Gasteiger partial charge on any atom is -0.464 e. The quantitative estimate of drug-likeness (QED) is 0.375. The first-order valence-electron chi connectivity index (χ1n) is 11.4. The van der Waals surface area contributed by atoms with Gasteiger partial charge in [0.25, 0.3) is 0 Å². The molecule has 170 valence electrons. The molecule has 2 heterocycles. The van der Waals surface area contributed by atoms with Crippen LogP contribution in [-0.2, 0) is 16.0 Å². The number of ether oxygens (including phenoxy) is 1. The lowest BCUT2D eigenvalue weighted by atomic mass is 9.92. The molecule has 0 fully saturated rings. The molecule has 0 saturated carbocycles. The van der Waals surface area contributed by atoms with Gasteiger partial charge in [0.1, 0.15) is 0 Å². The van der Waals surface area contributed by atoms with Gasteiger partial charge in [0.15, 0.2) is 5.70 Å². The molecule has 2 aromatic rings. The van der Waals surface area contributed by atoms with Gasteiger partial charge in [-0.3, -0.25) is 4.98 Å². The molecule has 5 heteroatoms. The Kier molecular flexibility index (Phi) is 9.39. The number of pyridine rings is 1. The van der Waals surface area contributed by atoms with E-state index in [1.165, 1.54) is 12.7 Å². The lowest BCUT2D eigenvalue weighted by Crippen LogP contribution is -2.28. The molecule has 1 aromatic carbocycles. The van der Waals surface area contributed by atoms with Crippen LogP contribution in [0.2, 0.25) is 0 Å². The Morgan fingerprint density at radius 1 is 1.19 bits per heavy atom. The molecule has 5 nitrogen and oxygen atoms in total. The molecule has 1 aliphatic rings. The van der Waals surface area contributed by atoms with Crippen LogP contribution in [-0.4, -0.2) is 29.3 Å². The smallest absolute Gasteiger partial charge is 0.357 e. The van der Waals surface area contributed by atoms with E-state index in [9.17, 15) is 4.79 Å². The first-order chi connectivity index (χ1) is 15.5. The van der Waals surface area contributed by atoms with E-state index in [1.807, 2.05) is 33.9 Å². The highest BCUT2D eigenvalue weighted by atomic mass is 16.5. The zero-order valence-electron chi connectivity index (χ0n) is 20.4. The van der Waals surface area contributed by atoms with Crippen LogP contribution in [0.5, 0.6) is 0 Å². The number of fused-ring (bicyclic) bond motifs is 1.